The minimum atomic E-state index is -0.175. The first-order valence-electron chi connectivity index (χ1n) is 7.34. The van der Waals surface area contributed by atoms with Crippen LogP contribution >= 0.6 is 11.6 Å². The SMILES string of the molecule is COc1cc(NC(=O)N2CCCc3c(cnn3C)C2)cc(Cl)n1. The van der Waals surface area contributed by atoms with Gasteiger partial charge in [-0.3, -0.25) is 4.68 Å². The Morgan fingerprint density at radius 3 is 3.04 bits per heavy atom. The third-order valence-electron chi connectivity index (χ3n) is 3.87. The number of aryl methyl sites for hydroxylation is 1. The largest absolute Gasteiger partial charge is 0.481 e. The van der Waals surface area contributed by atoms with Crippen LogP contribution in [0.4, 0.5) is 10.5 Å². The zero-order valence-corrected chi connectivity index (χ0v) is 13.8. The summed E-state index contributed by atoms with van der Waals surface area (Å²) >= 11 is 5.93. The summed E-state index contributed by atoms with van der Waals surface area (Å²) in [7, 11) is 3.43. The van der Waals surface area contributed by atoms with Crippen molar-refractivity contribution in [2.75, 3.05) is 19.0 Å². The summed E-state index contributed by atoms with van der Waals surface area (Å²) in [6, 6.07) is 3.05. The Morgan fingerprint density at radius 2 is 2.26 bits per heavy atom. The number of rotatable bonds is 2. The molecule has 1 aliphatic heterocycles. The molecular formula is C15H18ClN5O2. The first-order valence-corrected chi connectivity index (χ1v) is 7.72. The first-order chi connectivity index (χ1) is 11.1. The minimum Gasteiger partial charge on any atom is -0.481 e. The van der Waals surface area contributed by atoms with E-state index in [4.69, 9.17) is 16.3 Å². The molecule has 8 heteroatoms. The maximum Gasteiger partial charge on any atom is 0.322 e. The van der Waals surface area contributed by atoms with Gasteiger partial charge in [-0.1, -0.05) is 11.6 Å². The summed E-state index contributed by atoms with van der Waals surface area (Å²) in [5, 5.41) is 7.38. The van der Waals surface area contributed by atoms with Crippen molar-refractivity contribution in [3.05, 3.63) is 34.7 Å². The fraction of sp³-hybridized carbons (Fsp3) is 0.400. The fourth-order valence-corrected chi connectivity index (χ4v) is 2.91. The minimum absolute atomic E-state index is 0.175. The maximum absolute atomic E-state index is 12.5. The van der Waals surface area contributed by atoms with Gasteiger partial charge in [0.05, 0.1) is 25.5 Å². The Morgan fingerprint density at radius 1 is 1.43 bits per heavy atom. The lowest BCUT2D eigenvalue weighted by Gasteiger charge is -2.21. The van der Waals surface area contributed by atoms with Crippen LogP contribution in [0.15, 0.2) is 18.3 Å². The van der Waals surface area contributed by atoms with Gasteiger partial charge >= 0.3 is 6.03 Å². The predicted molar refractivity (Wildman–Crippen MR) is 86.8 cm³/mol. The zero-order valence-electron chi connectivity index (χ0n) is 13.0. The second kappa shape index (κ2) is 6.45. The molecule has 0 saturated heterocycles. The number of nitrogens with zero attached hydrogens (tertiary/aromatic N) is 4. The number of amides is 2. The van der Waals surface area contributed by atoms with E-state index in [1.807, 2.05) is 17.9 Å². The van der Waals surface area contributed by atoms with Crippen molar-refractivity contribution in [1.82, 2.24) is 19.7 Å². The van der Waals surface area contributed by atoms with E-state index in [-0.39, 0.29) is 11.2 Å². The Labute approximate surface area is 139 Å². The van der Waals surface area contributed by atoms with Crippen LogP contribution in [0.2, 0.25) is 5.15 Å². The number of nitrogens with one attached hydrogen (secondary N) is 1. The third kappa shape index (κ3) is 3.39. The second-order valence-corrected chi connectivity index (χ2v) is 5.80. The number of aromatic nitrogens is 3. The highest BCUT2D eigenvalue weighted by Gasteiger charge is 2.21. The van der Waals surface area contributed by atoms with Gasteiger partial charge in [0.25, 0.3) is 0 Å². The van der Waals surface area contributed by atoms with Crippen molar-refractivity contribution < 1.29 is 9.53 Å². The van der Waals surface area contributed by atoms with Crippen LogP contribution in [-0.4, -0.2) is 39.4 Å². The Kier molecular flexibility index (Phi) is 4.38. The van der Waals surface area contributed by atoms with E-state index >= 15 is 0 Å². The molecule has 0 bridgehead atoms. The summed E-state index contributed by atoms with van der Waals surface area (Å²) in [5.41, 5.74) is 2.84. The zero-order chi connectivity index (χ0) is 16.4. The van der Waals surface area contributed by atoms with E-state index in [0.29, 0.717) is 24.7 Å². The van der Waals surface area contributed by atoms with E-state index in [9.17, 15) is 4.79 Å². The van der Waals surface area contributed by atoms with Crippen LogP contribution < -0.4 is 10.1 Å². The molecule has 1 N–H and O–H groups in total. The predicted octanol–water partition coefficient (Wildman–Crippen LogP) is 2.46. The van der Waals surface area contributed by atoms with Gasteiger partial charge in [0.1, 0.15) is 5.15 Å². The van der Waals surface area contributed by atoms with Crippen molar-refractivity contribution in [2.24, 2.45) is 7.05 Å². The Hall–Kier alpha value is -2.28. The van der Waals surface area contributed by atoms with Crippen LogP contribution in [0.25, 0.3) is 0 Å². The first kappa shape index (κ1) is 15.6. The van der Waals surface area contributed by atoms with Gasteiger partial charge in [-0.05, 0) is 18.9 Å². The normalized spacial score (nSPS) is 14.1. The summed E-state index contributed by atoms with van der Waals surface area (Å²) in [6.45, 7) is 1.24. The number of carbonyl (C=O) groups is 1. The van der Waals surface area contributed by atoms with Crippen molar-refractivity contribution >= 4 is 23.3 Å². The average Bonchev–Trinajstić information content (AvgIpc) is 2.74. The highest BCUT2D eigenvalue weighted by atomic mass is 35.5. The molecule has 0 saturated carbocycles. The van der Waals surface area contributed by atoms with Gasteiger partial charge in [0, 0.05) is 30.9 Å². The van der Waals surface area contributed by atoms with Crippen LogP contribution in [0.3, 0.4) is 0 Å². The average molecular weight is 336 g/mol. The third-order valence-corrected chi connectivity index (χ3v) is 4.06. The number of halogens is 1. The highest BCUT2D eigenvalue weighted by molar-refractivity contribution is 6.29. The van der Waals surface area contributed by atoms with Gasteiger partial charge in [-0.15, -0.1) is 0 Å². The molecule has 0 fully saturated rings. The van der Waals surface area contributed by atoms with Crippen molar-refractivity contribution in [3.63, 3.8) is 0 Å². The van der Waals surface area contributed by atoms with E-state index in [1.54, 1.807) is 17.0 Å². The number of fused-ring (bicyclic) bond motifs is 1. The molecule has 3 rings (SSSR count). The molecule has 2 aromatic heterocycles. The molecule has 0 atom stereocenters. The molecule has 7 nitrogen and oxygen atoms in total. The molecule has 0 radical (unpaired) electrons. The number of carbonyl (C=O) groups excluding carboxylic acids is 1. The molecule has 0 unspecified atom stereocenters. The van der Waals surface area contributed by atoms with Crippen LogP contribution in [-0.2, 0) is 20.0 Å². The number of urea groups is 1. The number of pyridine rings is 1. The quantitative estimate of drug-likeness (QED) is 0.856. The molecule has 0 spiro atoms. The number of ether oxygens (including phenoxy) is 1. The summed E-state index contributed by atoms with van der Waals surface area (Å²) in [5.74, 6) is 0.359. The number of hydrogen-bond donors (Lipinski definition) is 1. The molecule has 1 aliphatic rings. The molecule has 23 heavy (non-hydrogen) atoms. The Balaban J connectivity index is 1.74. The summed E-state index contributed by atoms with van der Waals surface area (Å²) in [4.78, 5) is 18.3. The highest BCUT2D eigenvalue weighted by Crippen LogP contribution is 2.22. The maximum atomic E-state index is 12.5. The van der Waals surface area contributed by atoms with Gasteiger partial charge < -0.3 is 15.0 Å². The molecule has 2 aromatic rings. The molecule has 3 heterocycles. The van der Waals surface area contributed by atoms with Gasteiger partial charge in [-0.2, -0.15) is 5.10 Å². The number of methoxy groups -OCH3 is 1. The molecular weight excluding hydrogens is 318 g/mol. The lowest BCUT2D eigenvalue weighted by molar-refractivity contribution is 0.210. The molecule has 0 aliphatic carbocycles. The topological polar surface area (TPSA) is 72.3 Å². The number of anilines is 1. The van der Waals surface area contributed by atoms with Gasteiger partial charge in [-0.25, -0.2) is 9.78 Å². The van der Waals surface area contributed by atoms with E-state index < -0.39 is 0 Å². The summed E-state index contributed by atoms with van der Waals surface area (Å²) in [6.07, 6.45) is 3.65. The van der Waals surface area contributed by atoms with E-state index in [0.717, 1.165) is 18.4 Å². The van der Waals surface area contributed by atoms with Crippen molar-refractivity contribution in [1.29, 1.82) is 0 Å². The van der Waals surface area contributed by atoms with Gasteiger partial charge in [0.15, 0.2) is 0 Å². The van der Waals surface area contributed by atoms with Crippen molar-refractivity contribution in [2.45, 2.75) is 19.4 Å². The molecule has 122 valence electrons. The monoisotopic (exact) mass is 335 g/mol. The molecule has 2 amide bonds. The standard InChI is InChI=1S/C15H18ClN5O2/c1-20-12-4-3-5-21(9-10(12)8-17-20)15(22)18-11-6-13(16)19-14(7-11)23-2/h6-8H,3-5,9H2,1-2H3,(H,18,19,22). The second-order valence-electron chi connectivity index (χ2n) is 5.42. The fourth-order valence-electron chi connectivity index (χ4n) is 2.71. The van der Waals surface area contributed by atoms with E-state index in [1.165, 1.54) is 12.8 Å². The van der Waals surface area contributed by atoms with Gasteiger partial charge in [0.2, 0.25) is 5.88 Å². The van der Waals surface area contributed by atoms with Crippen LogP contribution in [0.5, 0.6) is 5.88 Å². The lowest BCUT2D eigenvalue weighted by atomic mass is 10.2. The van der Waals surface area contributed by atoms with E-state index in [2.05, 4.69) is 15.4 Å². The molecule has 0 aromatic carbocycles. The smallest absolute Gasteiger partial charge is 0.322 e. The lowest BCUT2D eigenvalue weighted by Crippen LogP contribution is -2.34. The Bertz CT molecular complexity index is 731. The van der Waals surface area contributed by atoms with Crippen molar-refractivity contribution in [3.8, 4) is 5.88 Å². The van der Waals surface area contributed by atoms with Crippen LogP contribution in [0, 0.1) is 0 Å². The summed E-state index contributed by atoms with van der Waals surface area (Å²) < 4.78 is 6.94. The number of hydrogen-bond acceptors (Lipinski definition) is 4. The van der Waals surface area contributed by atoms with Crippen LogP contribution in [0.1, 0.15) is 17.7 Å².